The summed E-state index contributed by atoms with van der Waals surface area (Å²) < 4.78 is 27.8. The molecule has 1 atom stereocenters. The molecule has 3 rings (SSSR count). The molecule has 0 aromatic carbocycles. The largest absolute Gasteiger partial charge is 0.366 e. The standard InChI is InChI=1S/C16H13F2N3/c17-13-9-15(11-19-10-13)21-8-6-16(18,12-21)5-4-14-3-1-2-7-20-14/h1-3,7,9-11H,6,8,12H2. The maximum Gasteiger partial charge on any atom is 0.190 e. The summed E-state index contributed by atoms with van der Waals surface area (Å²) >= 11 is 0. The topological polar surface area (TPSA) is 29.0 Å². The van der Waals surface area contributed by atoms with Gasteiger partial charge in [0.05, 0.1) is 24.6 Å². The number of hydrogen-bond acceptors (Lipinski definition) is 3. The molecular formula is C16H13F2N3. The van der Waals surface area contributed by atoms with Crippen LogP contribution in [-0.4, -0.2) is 28.7 Å². The minimum absolute atomic E-state index is 0.109. The van der Waals surface area contributed by atoms with Crippen molar-refractivity contribution in [1.82, 2.24) is 9.97 Å². The Labute approximate surface area is 121 Å². The number of nitrogens with zero attached hydrogens (tertiary/aromatic N) is 3. The Hall–Kier alpha value is -2.48. The Balaban J connectivity index is 1.75. The van der Waals surface area contributed by atoms with Gasteiger partial charge in [0.1, 0.15) is 11.5 Å². The lowest BCUT2D eigenvalue weighted by atomic mass is 10.1. The molecule has 0 saturated carbocycles. The second-order valence-corrected chi connectivity index (χ2v) is 4.96. The predicted octanol–water partition coefficient (Wildman–Crippen LogP) is 2.59. The van der Waals surface area contributed by atoms with Crippen molar-refractivity contribution in [2.24, 2.45) is 0 Å². The smallest absolute Gasteiger partial charge is 0.190 e. The van der Waals surface area contributed by atoms with E-state index in [1.165, 1.54) is 12.3 Å². The molecule has 1 unspecified atom stereocenters. The first-order chi connectivity index (χ1) is 10.1. The zero-order valence-electron chi connectivity index (χ0n) is 11.3. The van der Waals surface area contributed by atoms with Crippen LogP contribution in [-0.2, 0) is 0 Å². The van der Waals surface area contributed by atoms with Crippen molar-refractivity contribution >= 4 is 5.69 Å². The summed E-state index contributed by atoms with van der Waals surface area (Å²) in [6.07, 6.45) is 4.56. The lowest BCUT2D eigenvalue weighted by Gasteiger charge is -2.18. The van der Waals surface area contributed by atoms with Crippen molar-refractivity contribution in [3.63, 3.8) is 0 Å². The molecule has 0 bridgehead atoms. The Kier molecular flexibility index (Phi) is 3.53. The lowest BCUT2D eigenvalue weighted by molar-refractivity contribution is 0.274. The van der Waals surface area contributed by atoms with Crippen LogP contribution >= 0.6 is 0 Å². The average Bonchev–Trinajstić information content (AvgIpc) is 2.90. The van der Waals surface area contributed by atoms with E-state index in [4.69, 9.17) is 0 Å². The van der Waals surface area contributed by atoms with E-state index in [2.05, 4.69) is 21.8 Å². The zero-order valence-corrected chi connectivity index (χ0v) is 11.3. The van der Waals surface area contributed by atoms with Gasteiger partial charge in [-0.25, -0.2) is 13.8 Å². The van der Waals surface area contributed by atoms with Gasteiger partial charge in [0.15, 0.2) is 5.67 Å². The van der Waals surface area contributed by atoms with E-state index in [0.29, 0.717) is 17.9 Å². The highest BCUT2D eigenvalue weighted by molar-refractivity contribution is 5.48. The van der Waals surface area contributed by atoms with Gasteiger partial charge < -0.3 is 4.90 Å². The Morgan fingerprint density at radius 2 is 2.19 bits per heavy atom. The van der Waals surface area contributed by atoms with E-state index in [0.717, 1.165) is 6.20 Å². The first-order valence-corrected chi connectivity index (χ1v) is 6.63. The van der Waals surface area contributed by atoms with Crippen LogP contribution < -0.4 is 4.90 Å². The molecule has 5 heteroatoms. The number of rotatable bonds is 1. The van der Waals surface area contributed by atoms with Gasteiger partial charge in [-0.05, 0) is 18.1 Å². The quantitative estimate of drug-likeness (QED) is 0.754. The normalized spacial score (nSPS) is 21.0. The first-order valence-electron chi connectivity index (χ1n) is 6.63. The SMILES string of the molecule is Fc1cncc(N2CCC(F)(C#Cc3ccccn3)C2)c1. The molecule has 0 aliphatic carbocycles. The molecule has 1 aliphatic rings. The number of pyridine rings is 2. The van der Waals surface area contributed by atoms with E-state index >= 15 is 0 Å². The van der Waals surface area contributed by atoms with Crippen molar-refractivity contribution in [2.45, 2.75) is 12.1 Å². The fourth-order valence-corrected chi connectivity index (χ4v) is 2.28. The minimum Gasteiger partial charge on any atom is -0.366 e. The number of hydrogen-bond donors (Lipinski definition) is 0. The molecule has 0 radical (unpaired) electrons. The molecule has 1 fully saturated rings. The first kappa shape index (κ1) is 13.5. The fourth-order valence-electron chi connectivity index (χ4n) is 2.28. The molecule has 3 nitrogen and oxygen atoms in total. The van der Waals surface area contributed by atoms with Crippen LogP contribution in [0.25, 0.3) is 0 Å². The van der Waals surface area contributed by atoms with Crippen molar-refractivity contribution < 1.29 is 8.78 Å². The Morgan fingerprint density at radius 3 is 2.95 bits per heavy atom. The summed E-state index contributed by atoms with van der Waals surface area (Å²) in [6, 6.07) is 6.68. The second-order valence-electron chi connectivity index (χ2n) is 4.96. The van der Waals surface area contributed by atoms with Crippen molar-refractivity contribution in [3.8, 4) is 11.8 Å². The molecule has 1 saturated heterocycles. The fraction of sp³-hybridized carbons (Fsp3) is 0.250. The second kappa shape index (κ2) is 5.49. The molecule has 21 heavy (non-hydrogen) atoms. The maximum absolute atomic E-state index is 14.7. The molecule has 3 heterocycles. The van der Waals surface area contributed by atoms with Crippen LogP contribution in [0.5, 0.6) is 0 Å². The summed E-state index contributed by atoms with van der Waals surface area (Å²) in [4.78, 5) is 9.58. The van der Waals surface area contributed by atoms with Gasteiger partial charge in [-0.1, -0.05) is 12.0 Å². The van der Waals surface area contributed by atoms with Crippen molar-refractivity contribution in [3.05, 3.63) is 54.4 Å². The summed E-state index contributed by atoms with van der Waals surface area (Å²) in [7, 11) is 0. The third-order valence-corrected chi connectivity index (χ3v) is 3.35. The highest BCUT2D eigenvalue weighted by atomic mass is 19.1. The van der Waals surface area contributed by atoms with E-state index in [-0.39, 0.29) is 13.0 Å². The molecule has 0 spiro atoms. The van der Waals surface area contributed by atoms with E-state index < -0.39 is 11.5 Å². The molecular weight excluding hydrogens is 272 g/mol. The number of alkyl halides is 1. The molecule has 0 amide bonds. The summed E-state index contributed by atoms with van der Waals surface area (Å²) in [5.74, 6) is 4.98. The van der Waals surface area contributed by atoms with Gasteiger partial charge >= 0.3 is 0 Å². The molecule has 2 aromatic rings. The average molecular weight is 285 g/mol. The summed E-state index contributed by atoms with van der Waals surface area (Å²) in [5.41, 5.74) is -0.487. The van der Waals surface area contributed by atoms with Gasteiger partial charge in [-0.3, -0.25) is 4.98 Å². The maximum atomic E-state index is 14.7. The highest BCUT2D eigenvalue weighted by Crippen LogP contribution is 2.29. The van der Waals surface area contributed by atoms with E-state index in [9.17, 15) is 8.78 Å². The summed E-state index contributed by atoms with van der Waals surface area (Å²) in [5, 5.41) is 0. The molecule has 0 N–H and O–H groups in total. The lowest BCUT2D eigenvalue weighted by Crippen LogP contribution is -2.27. The van der Waals surface area contributed by atoms with Crippen LogP contribution in [0.2, 0.25) is 0 Å². The highest BCUT2D eigenvalue weighted by Gasteiger charge is 2.37. The van der Waals surface area contributed by atoms with Crippen LogP contribution in [0.3, 0.4) is 0 Å². The van der Waals surface area contributed by atoms with Crippen LogP contribution in [0.4, 0.5) is 14.5 Å². The van der Waals surface area contributed by atoms with Crippen LogP contribution in [0.1, 0.15) is 12.1 Å². The monoisotopic (exact) mass is 285 g/mol. The van der Waals surface area contributed by atoms with Gasteiger partial charge in [0.2, 0.25) is 0 Å². The predicted molar refractivity (Wildman–Crippen MR) is 76.0 cm³/mol. The zero-order chi connectivity index (χ0) is 14.7. The van der Waals surface area contributed by atoms with Gasteiger partial charge in [0.25, 0.3) is 0 Å². The third-order valence-electron chi connectivity index (χ3n) is 3.35. The van der Waals surface area contributed by atoms with E-state index in [1.54, 1.807) is 29.3 Å². The number of anilines is 1. The molecule has 2 aromatic heterocycles. The van der Waals surface area contributed by atoms with Crippen molar-refractivity contribution in [1.29, 1.82) is 0 Å². The van der Waals surface area contributed by atoms with Crippen LogP contribution in [0, 0.1) is 17.7 Å². The summed E-state index contributed by atoms with van der Waals surface area (Å²) in [6.45, 7) is 0.594. The van der Waals surface area contributed by atoms with Gasteiger partial charge in [0, 0.05) is 25.2 Å². The van der Waals surface area contributed by atoms with Gasteiger partial charge in [-0.2, -0.15) is 0 Å². The molecule has 106 valence electrons. The van der Waals surface area contributed by atoms with Gasteiger partial charge in [-0.15, -0.1) is 0 Å². The number of aromatic nitrogens is 2. The number of halogens is 2. The Bertz CT molecular complexity index is 693. The third kappa shape index (κ3) is 3.16. The molecule has 1 aliphatic heterocycles. The minimum atomic E-state index is -1.61. The van der Waals surface area contributed by atoms with Crippen LogP contribution in [0.15, 0.2) is 42.9 Å². The Morgan fingerprint density at radius 1 is 1.29 bits per heavy atom. The van der Waals surface area contributed by atoms with Crippen molar-refractivity contribution in [2.75, 3.05) is 18.0 Å². The van der Waals surface area contributed by atoms with E-state index in [1.807, 2.05) is 0 Å².